The molecule has 0 amide bonds. The number of hydrogen-bond acceptors (Lipinski definition) is 7. The van der Waals surface area contributed by atoms with Crippen molar-refractivity contribution in [1.82, 2.24) is 0 Å². The van der Waals surface area contributed by atoms with E-state index in [2.05, 4.69) is 0 Å². The molecule has 26 heavy (non-hydrogen) atoms. The fraction of sp³-hybridized carbons (Fsp3) is 0.474. The number of fused-ring (bicyclic) bond motifs is 3. The van der Waals surface area contributed by atoms with Crippen LogP contribution < -0.4 is 0 Å². The van der Waals surface area contributed by atoms with Gasteiger partial charge in [-0.3, -0.25) is 9.59 Å². The number of rotatable bonds is 0. The van der Waals surface area contributed by atoms with Crippen LogP contribution >= 0.6 is 0 Å². The summed E-state index contributed by atoms with van der Waals surface area (Å²) >= 11 is 0. The van der Waals surface area contributed by atoms with Crippen LogP contribution in [0.5, 0.6) is 5.75 Å². The molecule has 0 radical (unpaired) electrons. The van der Waals surface area contributed by atoms with Crippen LogP contribution in [-0.2, 0) is 4.79 Å². The van der Waals surface area contributed by atoms with Crippen molar-refractivity contribution >= 4 is 11.6 Å². The Balaban J connectivity index is 2.01. The number of aliphatic hydroxyl groups excluding tert-OH is 3. The Morgan fingerprint density at radius 1 is 1.12 bits per heavy atom. The number of carbonyl (C=O) groups excluding carboxylic acids is 2. The molecule has 0 spiro atoms. The Morgan fingerprint density at radius 3 is 2.50 bits per heavy atom. The Morgan fingerprint density at radius 2 is 1.81 bits per heavy atom. The van der Waals surface area contributed by atoms with Gasteiger partial charge in [0.2, 0.25) is 0 Å². The Bertz CT molecular complexity index is 857. The van der Waals surface area contributed by atoms with E-state index in [1.807, 2.05) is 6.92 Å². The molecule has 138 valence electrons. The normalized spacial score (nSPS) is 39.3. The number of ketones is 2. The second kappa shape index (κ2) is 5.47. The van der Waals surface area contributed by atoms with Gasteiger partial charge < -0.3 is 25.5 Å². The predicted molar refractivity (Wildman–Crippen MR) is 88.3 cm³/mol. The second-order valence-electron chi connectivity index (χ2n) is 7.59. The lowest BCUT2D eigenvalue weighted by Crippen LogP contribution is -2.66. The van der Waals surface area contributed by atoms with Gasteiger partial charge in [0.1, 0.15) is 29.7 Å². The number of benzene rings is 1. The van der Waals surface area contributed by atoms with E-state index in [4.69, 9.17) is 0 Å². The summed E-state index contributed by atoms with van der Waals surface area (Å²) < 4.78 is 0. The minimum absolute atomic E-state index is 0.00552. The van der Waals surface area contributed by atoms with Gasteiger partial charge in [-0.1, -0.05) is 19.1 Å². The van der Waals surface area contributed by atoms with Gasteiger partial charge in [-0.15, -0.1) is 0 Å². The molecule has 0 fully saturated rings. The lowest BCUT2D eigenvalue weighted by atomic mass is 9.56. The second-order valence-corrected chi connectivity index (χ2v) is 7.59. The summed E-state index contributed by atoms with van der Waals surface area (Å²) in [4.78, 5) is 25.8. The molecule has 1 unspecified atom stereocenters. The monoisotopic (exact) mass is 360 g/mol. The number of phenols is 1. The smallest absolute Gasteiger partial charge is 0.174 e. The van der Waals surface area contributed by atoms with Gasteiger partial charge in [-0.2, -0.15) is 0 Å². The Labute approximate surface area is 149 Å². The molecule has 7 nitrogen and oxygen atoms in total. The van der Waals surface area contributed by atoms with Crippen LogP contribution in [0.1, 0.15) is 41.8 Å². The van der Waals surface area contributed by atoms with E-state index in [1.54, 1.807) is 0 Å². The topological polar surface area (TPSA) is 135 Å². The van der Waals surface area contributed by atoms with Crippen molar-refractivity contribution in [2.75, 3.05) is 0 Å². The lowest BCUT2D eigenvalue weighted by Gasteiger charge is -2.52. The molecule has 3 aliphatic carbocycles. The van der Waals surface area contributed by atoms with Crippen molar-refractivity contribution in [3.8, 4) is 5.75 Å². The maximum Gasteiger partial charge on any atom is 0.174 e. The first kappa shape index (κ1) is 17.4. The average molecular weight is 360 g/mol. The summed E-state index contributed by atoms with van der Waals surface area (Å²) in [6.07, 6.45) is -4.82. The largest absolute Gasteiger partial charge is 0.508 e. The molecule has 3 aliphatic rings. The van der Waals surface area contributed by atoms with Gasteiger partial charge >= 0.3 is 0 Å². The molecule has 7 heteroatoms. The van der Waals surface area contributed by atoms with Crippen molar-refractivity contribution in [2.24, 2.45) is 11.8 Å². The van der Waals surface area contributed by atoms with E-state index in [0.717, 1.165) is 0 Å². The number of carbonyl (C=O) groups is 2. The van der Waals surface area contributed by atoms with Crippen LogP contribution in [0.4, 0.5) is 0 Å². The van der Waals surface area contributed by atoms with Crippen LogP contribution in [0, 0.1) is 11.8 Å². The molecule has 0 heterocycles. The van der Waals surface area contributed by atoms with E-state index in [-0.39, 0.29) is 40.4 Å². The minimum atomic E-state index is -2.50. The molecule has 1 aromatic rings. The third-order valence-electron chi connectivity index (χ3n) is 5.95. The number of hydrogen-bond donors (Lipinski definition) is 5. The zero-order valence-corrected chi connectivity index (χ0v) is 14.1. The number of aromatic hydroxyl groups is 1. The highest BCUT2D eigenvalue weighted by atomic mass is 16.4. The number of phenolic OH excluding ortho intramolecular Hbond substituents is 1. The molecule has 4 rings (SSSR count). The minimum Gasteiger partial charge on any atom is -0.508 e. The van der Waals surface area contributed by atoms with Gasteiger partial charge in [-0.25, -0.2) is 0 Å². The molecule has 6 atom stereocenters. The van der Waals surface area contributed by atoms with Crippen molar-refractivity contribution < 1.29 is 35.1 Å². The molecular weight excluding hydrogens is 340 g/mol. The summed E-state index contributed by atoms with van der Waals surface area (Å²) in [5.41, 5.74) is -2.48. The van der Waals surface area contributed by atoms with E-state index in [1.165, 1.54) is 18.2 Å². The fourth-order valence-corrected chi connectivity index (χ4v) is 4.74. The molecule has 1 aromatic carbocycles. The average Bonchev–Trinajstić information content (AvgIpc) is 2.58. The zero-order chi connectivity index (χ0) is 19.0. The first-order valence-corrected chi connectivity index (χ1v) is 8.58. The van der Waals surface area contributed by atoms with Crippen LogP contribution in [0.3, 0.4) is 0 Å². The summed E-state index contributed by atoms with van der Waals surface area (Å²) in [6, 6.07) is 4.08. The highest BCUT2D eigenvalue weighted by Crippen LogP contribution is 2.54. The summed E-state index contributed by atoms with van der Waals surface area (Å²) in [5.74, 6) is -2.99. The first-order chi connectivity index (χ1) is 12.2. The molecule has 5 N–H and O–H groups in total. The van der Waals surface area contributed by atoms with Crippen molar-refractivity contribution in [3.05, 3.63) is 40.5 Å². The van der Waals surface area contributed by atoms with Crippen molar-refractivity contribution in [2.45, 2.75) is 43.7 Å². The standard InChI is InChI=1S/C19H20O7/c1-7-5-9-12(11(21)6-7)14-15(22)8-3-2-4-10(20)13(8)17(24)19(14,26)18(25)16(9)23/h2-4,7,14,16-18,20,23-26H,5-6H2,1H3/t7-,14?,16+,17-,18+,19+/m0/s1. The molecule has 0 bridgehead atoms. The number of Topliss-reactive ketones (excluding diaryl/α,β-unsaturated/α-hetero) is 2. The van der Waals surface area contributed by atoms with Crippen molar-refractivity contribution in [3.63, 3.8) is 0 Å². The summed E-state index contributed by atoms with van der Waals surface area (Å²) in [7, 11) is 0. The van der Waals surface area contributed by atoms with Crippen LogP contribution in [0.25, 0.3) is 0 Å². The maximum absolute atomic E-state index is 13.1. The molecule has 0 saturated heterocycles. The fourth-order valence-electron chi connectivity index (χ4n) is 4.74. The van der Waals surface area contributed by atoms with Crippen LogP contribution in [-0.4, -0.2) is 54.9 Å². The lowest BCUT2D eigenvalue weighted by molar-refractivity contribution is -0.198. The molecule has 0 saturated carbocycles. The van der Waals surface area contributed by atoms with Crippen LogP contribution in [0.2, 0.25) is 0 Å². The van der Waals surface area contributed by atoms with Gasteiger partial charge in [0, 0.05) is 23.1 Å². The summed E-state index contributed by atoms with van der Waals surface area (Å²) in [6.45, 7) is 1.83. The first-order valence-electron chi connectivity index (χ1n) is 8.58. The quantitative estimate of drug-likeness (QED) is 0.439. The predicted octanol–water partition coefficient (Wildman–Crippen LogP) is 0.000200. The number of aliphatic hydroxyl groups is 4. The Kier molecular flexibility index (Phi) is 3.65. The highest BCUT2D eigenvalue weighted by Gasteiger charge is 2.64. The van der Waals surface area contributed by atoms with Gasteiger partial charge in [-0.05, 0) is 24.0 Å². The summed E-state index contributed by atoms with van der Waals surface area (Å²) in [5, 5.41) is 53.2. The van der Waals surface area contributed by atoms with Crippen LogP contribution in [0.15, 0.2) is 29.3 Å². The van der Waals surface area contributed by atoms with E-state index in [0.29, 0.717) is 6.42 Å². The Hall–Kier alpha value is -2.06. The van der Waals surface area contributed by atoms with E-state index < -0.39 is 41.4 Å². The maximum atomic E-state index is 13.1. The van der Waals surface area contributed by atoms with Gasteiger partial charge in [0.05, 0.1) is 5.92 Å². The van der Waals surface area contributed by atoms with Gasteiger partial charge in [0.15, 0.2) is 11.6 Å². The molecular formula is C19H20O7. The SMILES string of the molecule is C[C@@H]1CC(=O)C2=C(C1)[C@@H](O)[C@@H](O)[C@@]1(O)C2C(=O)c2cccc(O)c2[C@@H]1O. The molecule has 0 aliphatic heterocycles. The molecule has 0 aromatic heterocycles. The third-order valence-corrected chi connectivity index (χ3v) is 5.95. The third kappa shape index (κ3) is 1.97. The highest BCUT2D eigenvalue weighted by molar-refractivity contribution is 6.11. The van der Waals surface area contributed by atoms with Crippen molar-refractivity contribution in [1.29, 1.82) is 0 Å². The zero-order valence-electron chi connectivity index (χ0n) is 14.1. The van der Waals surface area contributed by atoms with Gasteiger partial charge in [0.25, 0.3) is 0 Å². The van der Waals surface area contributed by atoms with E-state index in [9.17, 15) is 35.1 Å². The van der Waals surface area contributed by atoms with E-state index >= 15 is 0 Å².